The number of halogens is 1. The van der Waals surface area contributed by atoms with E-state index in [-0.39, 0.29) is 12.0 Å². The van der Waals surface area contributed by atoms with E-state index >= 15 is 0 Å². The Bertz CT molecular complexity index is 754. The zero-order valence-corrected chi connectivity index (χ0v) is 14.5. The van der Waals surface area contributed by atoms with E-state index in [2.05, 4.69) is 5.32 Å². The average molecular weight is 358 g/mol. The van der Waals surface area contributed by atoms with Crippen LogP contribution in [0.1, 0.15) is 18.4 Å². The number of hydrogen-bond acceptors (Lipinski definition) is 3. The summed E-state index contributed by atoms with van der Waals surface area (Å²) in [7, 11) is 0. The van der Waals surface area contributed by atoms with E-state index in [9.17, 15) is 4.79 Å². The summed E-state index contributed by atoms with van der Waals surface area (Å²) in [5, 5.41) is 3.43. The zero-order chi connectivity index (χ0) is 17.5. The lowest BCUT2D eigenvalue weighted by molar-refractivity contribution is -0.111. The van der Waals surface area contributed by atoms with Gasteiger partial charge in [-0.05, 0) is 42.7 Å². The standard InChI is InChI=1S/C20H20ClNO3/c21-19-9-2-1-5-15(19)10-11-20(23)22-16-6-3-7-17(13-16)25-14-18-8-4-12-24-18/h1-3,5-7,9-11,13,18H,4,8,12,14H2,(H,22,23)/b11-10+. The Kier molecular flexibility index (Phi) is 6.09. The van der Waals surface area contributed by atoms with Gasteiger partial charge in [-0.1, -0.05) is 35.9 Å². The van der Waals surface area contributed by atoms with Gasteiger partial charge >= 0.3 is 0 Å². The average Bonchev–Trinajstić information content (AvgIpc) is 3.13. The van der Waals surface area contributed by atoms with Gasteiger partial charge in [-0.25, -0.2) is 0 Å². The Labute approximate surface area is 152 Å². The molecule has 1 heterocycles. The van der Waals surface area contributed by atoms with Gasteiger partial charge in [0.2, 0.25) is 5.91 Å². The van der Waals surface area contributed by atoms with Gasteiger partial charge in [0, 0.05) is 29.5 Å². The van der Waals surface area contributed by atoms with Crippen LogP contribution in [0.25, 0.3) is 6.08 Å². The van der Waals surface area contributed by atoms with Crippen LogP contribution in [0.4, 0.5) is 5.69 Å². The molecule has 0 aliphatic carbocycles. The summed E-state index contributed by atoms with van der Waals surface area (Å²) in [5.74, 6) is 0.486. The normalized spacial score (nSPS) is 16.9. The van der Waals surface area contributed by atoms with Crippen molar-refractivity contribution in [2.24, 2.45) is 0 Å². The van der Waals surface area contributed by atoms with Crippen molar-refractivity contribution in [3.63, 3.8) is 0 Å². The maximum atomic E-state index is 12.1. The molecule has 1 N–H and O–H groups in total. The number of carbonyl (C=O) groups is 1. The first-order chi connectivity index (χ1) is 12.2. The van der Waals surface area contributed by atoms with Crippen LogP contribution < -0.4 is 10.1 Å². The molecule has 0 saturated carbocycles. The summed E-state index contributed by atoms with van der Waals surface area (Å²) in [6, 6.07) is 14.7. The molecule has 0 spiro atoms. The molecule has 1 atom stereocenters. The third-order valence-electron chi connectivity index (χ3n) is 3.88. The first-order valence-corrected chi connectivity index (χ1v) is 8.66. The van der Waals surface area contributed by atoms with Gasteiger partial charge in [0.15, 0.2) is 0 Å². The smallest absolute Gasteiger partial charge is 0.248 e. The number of benzene rings is 2. The summed E-state index contributed by atoms with van der Waals surface area (Å²) in [5.41, 5.74) is 1.48. The Morgan fingerprint density at radius 2 is 2.16 bits per heavy atom. The number of amides is 1. The molecule has 1 fully saturated rings. The number of hydrogen-bond donors (Lipinski definition) is 1. The largest absolute Gasteiger partial charge is 0.491 e. The zero-order valence-electron chi connectivity index (χ0n) is 13.8. The van der Waals surface area contributed by atoms with Crippen LogP contribution in [-0.2, 0) is 9.53 Å². The second kappa shape index (κ2) is 8.70. The van der Waals surface area contributed by atoms with Gasteiger partial charge in [-0.3, -0.25) is 4.79 Å². The van der Waals surface area contributed by atoms with Gasteiger partial charge in [0.25, 0.3) is 0 Å². The van der Waals surface area contributed by atoms with E-state index in [1.165, 1.54) is 6.08 Å². The van der Waals surface area contributed by atoms with Crippen LogP contribution in [0.2, 0.25) is 5.02 Å². The number of carbonyl (C=O) groups excluding carboxylic acids is 1. The molecule has 1 saturated heterocycles. The third-order valence-corrected chi connectivity index (χ3v) is 4.23. The molecule has 130 valence electrons. The van der Waals surface area contributed by atoms with Gasteiger partial charge < -0.3 is 14.8 Å². The van der Waals surface area contributed by atoms with Crippen molar-refractivity contribution in [1.82, 2.24) is 0 Å². The van der Waals surface area contributed by atoms with Crippen molar-refractivity contribution in [2.45, 2.75) is 18.9 Å². The van der Waals surface area contributed by atoms with Crippen LogP contribution in [0.5, 0.6) is 5.75 Å². The molecular formula is C20H20ClNO3. The molecule has 5 heteroatoms. The maximum absolute atomic E-state index is 12.1. The van der Waals surface area contributed by atoms with Crippen LogP contribution >= 0.6 is 11.6 Å². The van der Waals surface area contributed by atoms with Crippen LogP contribution in [0, 0.1) is 0 Å². The summed E-state index contributed by atoms with van der Waals surface area (Å²) >= 11 is 6.07. The Balaban J connectivity index is 1.55. The SMILES string of the molecule is O=C(/C=C/c1ccccc1Cl)Nc1cccc(OCC2CCCO2)c1. The van der Waals surface area contributed by atoms with Crippen LogP contribution in [-0.4, -0.2) is 25.2 Å². The van der Waals surface area contributed by atoms with Crippen molar-refractivity contribution >= 4 is 29.3 Å². The minimum Gasteiger partial charge on any atom is -0.491 e. The highest BCUT2D eigenvalue weighted by Crippen LogP contribution is 2.20. The van der Waals surface area contributed by atoms with E-state index in [1.54, 1.807) is 18.2 Å². The molecule has 25 heavy (non-hydrogen) atoms. The number of nitrogens with one attached hydrogen (secondary N) is 1. The fourth-order valence-corrected chi connectivity index (χ4v) is 2.79. The molecule has 4 nitrogen and oxygen atoms in total. The fourth-order valence-electron chi connectivity index (χ4n) is 2.59. The predicted octanol–water partition coefficient (Wildman–Crippen LogP) is 4.55. The van der Waals surface area contributed by atoms with Gasteiger partial charge in [-0.2, -0.15) is 0 Å². The quantitative estimate of drug-likeness (QED) is 0.771. The van der Waals surface area contributed by atoms with Gasteiger partial charge in [0.05, 0.1) is 6.10 Å². The van der Waals surface area contributed by atoms with Gasteiger partial charge in [0.1, 0.15) is 12.4 Å². The van der Waals surface area contributed by atoms with Crippen LogP contribution in [0.15, 0.2) is 54.6 Å². The van der Waals surface area contributed by atoms with E-state index < -0.39 is 0 Å². The molecule has 2 aromatic rings. The molecular weight excluding hydrogens is 338 g/mol. The van der Waals surface area contributed by atoms with E-state index in [1.807, 2.05) is 36.4 Å². The Morgan fingerprint density at radius 1 is 1.28 bits per heavy atom. The minimum absolute atomic E-state index is 0.164. The summed E-state index contributed by atoms with van der Waals surface area (Å²) in [4.78, 5) is 12.1. The molecule has 1 unspecified atom stereocenters. The fraction of sp³-hybridized carbons (Fsp3) is 0.250. The maximum Gasteiger partial charge on any atom is 0.248 e. The highest BCUT2D eigenvalue weighted by Gasteiger charge is 2.16. The highest BCUT2D eigenvalue weighted by molar-refractivity contribution is 6.32. The molecule has 0 aromatic heterocycles. The summed E-state index contributed by atoms with van der Waals surface area (Å²) in [6.07, 6.45) is 5.43. The lowest BCUT2D eigenvalue weighted by Gasteiger charge is -2.12. The predicted molar refractivity (Wildman–Crippen MR) is 100 cm³/mol. The third kappa shape index (κ3) is 5.34. The monoisotopic (exact) mass is 357 g/mol. The van der Waals surface area contributed by atoms with E-state index in [4.69, 9.17) is 21.1 Å². The highest BCUT2D eigenvalue weighted by atomic mass is 35.5. The summed E-state index contributed by atoms with van der Waals surface area (Å²) < 4.78 is 11.3. The Hall–Kier alpha value is -2.30. The molecule has 2 aromatic carbocycles. The van der Waals surface area contributed by atoms with Crippen molar-refractivity contribution in [2.75, 3.05) is 18.5 Å². The molecule has 1 aliphatic heterocycles. The molecule has 0 radical (unpaired) electrons. The lowest BCUT2D eigenvalue weighted by Crippen LogP contribution is -2.16. The molecule has 0 bridgehead atoms. The van der Waals surface area contributed by atoms with E-state index in [0.717, 1.165) is 25.0 Å². The van der Waals surface area contributed by atoms with Crippen molar-refractivity contribution < 1.29 is 14.3 Å². The number of rotatable bonds is 6. The molecule has 1 amide bonds. The molecule has 3 rings (SSSR count). The lowest BCUT2D eigenvalue weighted by atomic mass is 10.2. The first-order valence-electron chi connectivity index (χ1n) is 8.29. The molecule has 1 aliphatic rings. The van der Waals surface area contributed by atoms with Crippen molar-refractivity contribution in [1.29, 1.82) is 0 Å². The van der Waals surface area contributed by atoms with Crippen molar-refractivity contribution in [3.05, 3.63) is 65.2 Å². The minimum atomic E-state index is -0.226. The second-order valence-electron chi connectivity index (χ2n) is 5.82. The van der Waals surface area contributed by atoms with E-state index in [0.29, 0.717) is 23.1 Å². The van der Waals surface area contributed by atoms with Crippen molar-refractivity contribution in [3.8, 4) is 5.75 Å². The number of anilines is 1. The van der Waals surface area contributed by atoms with Crippen LogP contribution in [0.3, 0.4) is 0 Å². The topological polar surface area (TPSA) is 47.6 Å². The Morgan fingerprint density at radius 3 is 2.96 bits per heavy atom. The summed E-state index contributed by atoms with van der Waals surface area (Å²) in [6.45, 7) is 1.34. The number of ether oxygens (including phenoxy) is 2. The first kappa shape index (κ1) is 17.5. The second-order valence-corrected chi connectivity index (χ2v) is 6.23. The van der Waals surface area contributed by atoms with Gasteiger partial charge in [-0.15, -0.1) is 0 Å².